The maximum Gasteiger partial charge on any atom is 0.137 e. The van der Waals surface area contributed by atoms with Crippen molar-refractivity contribution in [2.75, 3.05) is 11.9 Å². The molecule has 0 unspecified atom stereocenters. The summed E-state index contributed by atoms with van der Waals surface area (Å²) in [6.45, 7) is 6.89. The lowest BCUT2D eigenvalue weighted by Crippen LogP contribution is -2.22. The third kappa shape index (κ3) is 3.67. The van der Waals surface area contributed by atoms with Crippen molar-refractivity contribution in [3.63, 3.8) is 0 Å². The van der Waals surface area contributed by atoms with Gasteiger partial charge in [-0.3, -0.25) is 4.98 Å². The Bertz CT molecular complexity index is 578. The van der Waals surface area contributed by atoms with Gasteiger partial charge in [0.15, 0.2) is 0 Å². The van der Waals surface area contributed by atoms with E-state index in [-0.39, 0.29) is 5.41 Å². The lowest BCUT2D eigenvalue weighted by Gasteiger charge is -2.22. The second kappa shape index (κ2) is 5.75. The van der Waals surface area contributed by atoms with Gasteiger partial charge in [0, 0.05) is 24.7 Å². The Morgan fingerprint density at radius 1 is 1.20 bits per heavy atom. The molecule has 0 aliphatic carbocycles. The molecule has 2 aromatic heterocycles. The first kappa shape index (κ1) is 14.7. The molecule has 4 nitrogen and oxygen atoms in total. The van der Waals surface area contributed by atoms with Crippen molar-refractivity contribution in [2.45, 2.75) is 32.7 Å². The smallest absolute Gasteiger partial charge is 0.137 e. The molecule has 0 amide bonds. The molecule has 5 heteroatoms. The zero-order chi connectivity index (χ0) is 14.8. The largest absolute Gasteiger partial charge is 0.354 e. The summed E-state index contributed by atoms with van der Waals surface area (Å²) in [5, 5.41) is 0.466. The van der Waals surface area contributed by atoms with Gasteiger partial charge in [-0.05, 0) is 12.1 Å². The number of anilines is 1. The maximum atomic E-state index is 6.11. The summed E-state index contributed by atoms with van der Waals surface area (Å²) in [4.78, 5) is 15.2. The minimum atomic E-state index is -0.133. The summed E-state index contributed by atoms with van der Waals surface area (Å²) in [5.41, 5.74) is 0.855. The first-order valence-electron chi connectivity index (χ1n) is 6.52. The van der Waals surface area contributed by atoms with Gasteiger partial charge in [0.2, 0.25) is 0 Å². The Kier molecular flexibility index (Phi) is 4.23. The molecule has 0 saturated heterocycles. The van der Waals surface area contributed by atoms with Gasteiger partial charge >= 0.3 is 0 Å². The number of nitrogens with zero attached hydrogens (tertiary/aromatic N) is 4. The van der Waals surface area contributed by atoms with Crippen molar-refractivity contribution in [3.05, 3.63) is 47.1 Å². The lowest BCUT2D eigenvalue weighted by molar-refractivity contribution is 0.544. The molecule has 106 valence electrons. The minimum absolute atomic E-state index is 0.133. The number of hydrogen-bond acceptors (Lipinski definition) is 4. The van der Waals surface area contributed by atoms with Crippen LogP contribution >= 0.6 is 11.6 Å². The molecule has 0 aromatic carbocycles. The average molecular weight is 291 g/mol. The van der Waals surface area contributed by atoms with Crippen LogP contribution in [0.5, 0.6) is 0 Å². The fourth-order valence-corrected chi connectivity index (χ4v) is 1.93. The zero-order valence-corrected chi connectivity index (χ0v) is 13.0. The highest BCUT2D eigenvalue weighted by molar-refractivity contribution is 6.29. The second-order valence-electron chi connectivity index (χ2n) is 5.80. The third-order valence-corrected chi connectivity index (χ3v) is 3.06. The minimum Gasteiger partial charge on any atom is -0.354 e. The summed E-state index contributed by atoms with van der Waals surface area (Å²) in [7, 11) is 1.97. The van der Waals surface area contributed by atoms with Crippen LogP contribution in [0.15, 0.2) is 30.5 Å². The molecule has 0 saturated carbocycles. The average Bonchev–Trinajstić information content (AvgIpc) is 2.38. The number of halogens is 1. The van der Waals surface area contributed by atoms with Crippen LogP contribution in [0.3, 0.4) is 0 Å². The summed E-state index contributed by atoms with van der Waals surface area (Å²) in [6.07, 6.45) is 1.79. The van der Waals surface area contributed by atoms with Crippen LogP contribution in [0.25, 0.3) is 0 Å². The quantitative estimate of drug-likeness (QED) is 0.812. The lowest BCUT2D eigenvalue weighted by atomic mass is 9.96. The third-order valence-electron chi connectivity index (χ3n) is 2.87. The van der Waals surface area contributed by atoms with Gasteiger partial charge < -0.3 is 4.90 Å². The van der Waals surface area contributed by atoms with Gasteiger partial charge in [0.05, 0.1) is 12.2 Å². The van der Waals surface area contributed by atoms with Crippen LogP contribution in [-0.2, 0) is 12.0 Å². The van der Waals surface area contributed by atoms with E-state index in [9.17, 15) is 0 Å². The highest BCUT2D eigenvalue weighted by atomic mass is 35.5. The second-order valence-corrected chi connectivity index (χ2v) is 6.19. The van der Waals surface area contributed by atoms with Gasteiger partial charge in [0.1, 0.15) is 16.8 Å². The van der Waals surface area contributed by atoms with Crippen LogP contribution in [0, 0.1) is 0 Å². The molecule has 0 bridgehead atoms. The Hall–Kier alpha value is -1.68. The molecule has 20 heavy (non-hydrogen) atoms. The molecule has 2 aromatic rings. The van der Waals surface area contributed by atoms with Crippen molar-refractivity contribution in [2.24, 2.45) is 0 Å². The van der Waals surface area contributed by atoms with Gasteiger partial charge in [-0.2, -0.15) is 0 Å². The standard InChI is InChI=1S/C15H19ClN4/c1-15(2,3)14-18-12(16)9-13(19-14)20(4)10-11-7-5-6-8-17-11/h5-9H,10H2,1-4H3. The molecule has 2 rings (SSSR count). The highest BCUT2D eigenvalue weighted by Crippen LogP contribution is 2.24. The van der Waals surface area contributed by atoms with E-state index < -0.39 is 0 Å². The van der Waals surface area contributed by atoms with Crippen LogP contribution in [0.2, 0.25) is 5.15 Å². The molecule has 0 atom stereocenters. The Labute approximate surface area is 124 Å². The van der Waals surface area contributed by atoms with E-state index in [2.05, 4.69) is 35.7 Å². The predicted octanol–water partition coefficient (Wildman–Crippen LogP) is 3.46. The van der Waals surface area contributed by atoms with E-state index in [4.69, 9.17) is 11.6 Å². The van der Waals surface area contributed by atoms with Crippen molar-refractivity contribution in [1.82, 2.24) is 15.0 Å². The van der Waals surface area contributed by atoms with Gasteiger partial charge in [-0.1, -0.05) is 38.4 Å². The number of rotatable bonds is 3. The van der Waals surface area contributed by atoms with Crippen molar-refractivity contribution >= 4 is 17.4 Å². The molecule has 0 aliphatic rings. The number of pyridine rings is 1. The monoisotopic (exact) mass is 290 g/mol. The van der Waals surface area contributed by atoms with Crippen LogP contribution in [0.1, 0.15) is 32.3 Å². The Morgan fingerprint density at radius 2 is 1.95 bits per heavy atom. The number of hydrogen-bond donors (Lipinski definition) is 0. The topological polar surface area (TPSA) is 41.9 Å². The van der Waals surface area contributed by atoms with Crippen LogP contribution in [0.4, 0.5) is 5.82 Å². The Morgan fingerprint density at radius 3 is 2.55 bits per heavy atom. The SMILES string of the molecule is CN(Cc1ccccn1)c1cc(Cl)nc(C(C)(C)C)n1. The van der Waals surface area contributed by atoms with E-state index in [1.807, 2.05) is 30.1 Å². The first-order valence-corrected chi connectivity index (χ1v) is 6.90. The maximum absolute atomic E-state index is 6.11. The van der Waals surface area contributed by atoms with E-state index in [0.717, 1.165) is 17.3 Å². The molecule has 0 spiro atoms. The van der Waals surface area contributed by atoms with E-state index >= 15 is 0 Å². The fraction of sp³-hybridized carbons (Fsp3) is 0.400. The van der Waals surface area contributed by atoms with Gasteiger partial charge in [-0.25, -0.2) is 9.97 Å². The van der Waals surface area contributed by atoms with Gasteiger partial charge in [-0.15, -0.1) is 0 Å². The van der Waals surface area contributed by atoms with E-state index in [0.29, 0.717) is 11.7 Å². The van der Waals surface area contributed by atoms with Gasteiger partial charge in [0.25, 0.3) is 0 Å². The van der Waals surface area contributed by atoms with Crippen LogP contribution in [-0.4, -0.2) is 22.0 Å². The molecular formula is C15H19ClN4. The molecule has 0 fully saturated rings. The summed E-state index contributed by atoms with van der Waals surface area (Å²) < 4.78 is 0. The normalized spacial score (nSPS) is 11.4. The zero-order valence-electron chi connectivity index (χ0n) is 12.3. The number of aromatic nitrogens is 3. The van der Waals surface area contributed by atoms with Crippen LogP contribution < -0.4 is 4.90 Å². The molecule has 2 heterocycles. The highest BCUT2D eigenvalue weighted by Gasteiger charge is 2.19. The van der Waals surface area contributed by atoms with Crippen molar-refractivity contribution in [3.8, 4) is 0 Å². The Balaban J connectivity index is 2.26. The molecular weight excluding hydrogens is 272 g/mol. The fourth-order valence-electron chi connectivity index (χ4n) is 1.75. The summed E-state index contributed by atoms with van der Waals surface area (Å²) in [5.74, 6) is 1.55. The first-order chi connectivity index (χ1) is 9.36. The van der Waals surface area contributed by atoms with E-state index in [1.54, 1.807) is 12.3 Å². The summed E-state index contributed by atoms with van der Waals surface area (Å²) >= 11 is 6.11. The summed E-state index contributed by atoms with van der Waals surface area (Å²) in [6, 6.07) is 7.65. The molecule has 0 aliphatic heterocycles. The predicted molar refractivity (Wildman–Crippen MR) is 82.1 cm³/mol. The molecule has 0 N–H and O–H groups in total. The van der Waals surface area contributed by atoms with Crippen molar-refractivity contribution < 1.29 is 0 Å². The van der Waals surface area contributed by atoms with E-state index in [1.165, 1.54) is 0 Å². The molecule has 0 radical (unpaired) electrons. The van der Waals surface area contributed by atoms with Crippen molar-refractivity contribution in [1.29, 1.82) is 0 Å².